The number of hydrogen-bond acceptors (Lipinski definition) is 4. The summed E-state index contributed by atoms with van der Waals surface area (Å²) >= 11 is 0. The van der Waals surface area contributed by atoms with Crippen LogP contribution in [-0.2, 0) is 14.3 Å². The molecule has 1 heterocycles. The quantitative estimate of drug-likeness (QED) is 0.616. The molecule has 0 saturated carbocycles. The lowest BCUT2D eigenvalue weighted by Gasteiger charge is -2.10. The van der Waals surface area contributed by atoms with Crippen molar-refractivity contribution in [3.8, 4) is 0 Å². The van der Waals surface area contributed by atoms with Gasteiger partial charge in [-0.3, -0.25) is 0 Å². The summed E-state index contributed by atoms with van der Waals surface area (Å²) in [6.07, 6.45) is 0.961. The summed E-state index contributed by atoms with van der Waals surface area (Å²) in [5, 5.41) is 8.78. The van der Waals surface area contributed by atoms with E-state index in [4.69, 9.17) is 14.6 Å². The van der Waals surface area contributed by atoms with Crippen molar-refractivity contribution in [1.29, 1.82) is 0 Å². The van der Waals surface area contributed by atoms with E-state index in [0.29, 0.717) is 0 Å². The predicted molar refractivity (Wildman–Crippen MR) is 41.6 cm³/mol. The van der Waals surface area contributed by atoms with Crippen LogP contribution in [0, 0.1) is 0 Å². The first-order chi connectivity index (χ1) is 5.70. The molecule has 0 aromatic rings. The fourth-order valence-corrected chi connectivity index (χ4v) is 1.07. The van der Waals surface area contributed by atoms with Crippen molar-refractivity contribution in [2.24, 2.45) is 0 Å². The highest BCUT2D eigenvalue weighted by Gasteiger charge is 2.18. The molecule has 1 aliphatic rings. The predicted octanol–water partition coefficient (Wildman–Crippen LogP) is 0.0894. The molecule has 70 valence electrons. The average Bonchev–Trinajstić information content (AvgIpc) is 2.51. The van der Waals surface area contributed by atoms with Crippen molar-refractivity contribution in [2.45, 2.75) is 32.0 Å². The maximum absolute atomic E-state index is 10.8. The number of rotatable bonds is 3. The standard InChI is InChI=1S/C8H14O4/c1-6(9)8(10)12-5-7-3-2-4-11-7/h6-7,9H,2-5H2,1H3/t6?,7-/m0/s1. The van der Waals surface area contributed by atoms with E-state index in [2.05, 4.69) is 0 Å². The van der Waals surface area contributed by atoms with Crippen LogP contribution in [0.2, 0.25) is 0 Å². The van der Waals surface area contributed by atoms with Gasteiger partial charge in [0.1, 0.15) is 12.7 Å². The van der Waals surface area contributed by atoms with Crippen LogP contribution in [0.4, 0.5) is 0 Å². The van der Waals surface area contributed by atoms with E-state index in [1.54, 1.807) is 0 Å². The van der Waals surface area contributed by atoms with E-state index in [9.17, 15) is 4.79 Å². The van der Waals surface area contributed by atoms with Crippen LogP contribution in [0.15, 0.2) is 0 Å². The highest BCUT2D eigenvalue weighted by molar-refractivity contribution is 5.73. The fraction of sp³-hybridized carbons (Fsp3) is 0.875. The van der Waals surface area contributed by atoms with E-state index in [1.165, 1.54) is 6.92 Å². The Morgan fingerprint density at radius 2 is 2.58 bits per heavy atom. The molecule has 0 aliphatic carbocycles. The SMILES string of the molecule is CC(O)C(=O)OC[C@@H]1CCCO1. The number of aliphatic hydroxyl groups is 1. The van der Waals surface area contributed by atoms with Crippen LogP contribution in [0.25, 0.3) is 0 Å². The molecule has 0 amide bonds. The van der Waals surface area contributed by atoms with Crippen LogP contribution in [0.5, 0.6) is 0 Å². The van der Waals surface area contributed by atoms with Crippen molar-refractivity contribution >= 4 is 5.97 Å². The Morgan fingerprint density at radius 3 is 3.08 bits per heavy atom. The normalized spacial score (nSPS) is 25.3. The van der Waals surface area contributed by atoms with Gasteiger partial charge in [0.25, 0.3) is 0 Å². The van der Waals surface area contributed by atoms with Crippen LogP contribution in [-0.4, -0.2) is 36.5 Å². The first-order valence-corrected chi connectivity index (χ1v) is 4.16. The molecule has 1 saturated heterocycles. The minimum Gasteiger partial charge on any atom is -0.461 e. The molecule has 4 nitrogen and oxygen atoms in total. The monoisotopic (exact) mass is 174 g/mol. The number of hydrogen-bond donors (Lipinski definition) is 1. The van der Waals surface area contributed by atoms with Crippen molar-refractivity contribution < 1.29 is 19.4 Å². The molecule has 0 spiro atoms. The molecule has 0 bridgehead atoms. The molecular weight excluding hydrogens is 160 g/mol. The molecule has 0 aromatic heterocycles. The topological polar surface area (TPSA) is 55.8 Å². The minimum atomic E-state index is -1.04. The molecule has 0 aromatic carbocycles. The van der Waals surface area contributed by atoms with Gasteiger partial charge in [-0.25, -0.2) is 4.79 Å². The van der Waals surface area contributed by atoms with E-state index >= 15 is 0 Å². The summed E-state index contributed by atoms with van der Waals surface area (Å²) in [6.45, 7) is 2.40. The average molecular weight is 174 g/mol. The van der Waals surface area contributed by atoms with E-state index in [1.807, 2.05) is 0 Å². The fourth-order valence-electron chi connectivity index (χ4n) is 1.07. The van der Waals surface area contributed by atoms with E-state index in [0.717, 1.165) is 19.4 Å². The van der Waals surface area contributed by atoms with Gasteiger partial charge in [0.15, 0.2) is 0 Å². The molecule has 0 radical (unpaired) electrons. The number of carbonyl (C=O) groups excluding carboxylic acids is 1. The van der Waals surface area contributed by atoms with Gasteiger partial charge in [0, 0.05) is 6.61 Å². The first-order valence-electron chi connectivity index (χ1n) is 4.16. The van der Waals surface area contributed by atoms with Gasteiger partial charge in [0.2, 0.25) is 0 Å². The van der Waals surface area contributed by atoms with Crippen molar-refractivity contribution in [2.75, 3.05) is 13.2 Å². The molecule has 1 rings (SSSR count). The molecule has 1 aliphatic heterocycles. The second-order valence-electron chi connectivity index (χ2n) is 2.94. The highest BCUT2D eigenvalue weighted by Crippen LogP contribution is 2.11. The largest absolute Gasteiger partial charge is 0.461 e. The van der Waals surface area contributed by atoms with Crippen molar-refractivity contribution in [3.63, 3.8) is 0 Å². The Hall–Kier alpha value is -0.610. The molecular formula is C8H14O4. The lowest BCUT2D eigenvalue weighted by molar-refractivity contribution is -0.155. The molecule has 1 unspecified atom stereocenters. The summed E-state index contributed by atoms with van der Waals surface area (Å²) in [5.74, 6) is -0.578. The molecule has 1 fully saturated rings. The Balaban J connectivity index is 2.12. The minimum absolute atomic E-state index is 0.0349. The Kier molecular flexibility index (Phi) is 3.49. The van der Waals surface area contributed by atoms with Gasteiger partial charge >= 0.3 is 5.97 Å². The highest BCUT2D eigenvalue weighted by atomic mass is 16.6. The lowest BCUT2D eigenvalue weighted by Crippen LogP contribution is -2.24. The number of ether oxygens (including phenoxy) is 2. The third-order valence-corrected chi connectivity index (χ3v) is 1.78. The number of esters is 1. The van der Waals surface area contributed by atoms with Crippen molar-refractivity contribution in [1.82, 2.24) is 0 Å². The Morgan fingerprint density at radius 1 is 1.83 bits per heavy atom. The smallest absolute Gasteiger partial charge is 0.334 e. The summed E-state index contributed by atoms with van der Waals surface area (Å²) in [7, 11) is 0. The zero-order valence-corrected chi connectivity index (χ0v) is 7.16. The number of carbonyl (C=O) groups is 1. The van der Waals surface area contributed by atoms with Crippen LogP contribution >= 0.6 is 0 Å². The maximum atomic E-state index is 10.8. The third-order valence-electron chi connectivity index (χ3n) is 1.78. The van der Waals surface area contributed by atoms with Crippen LogP contribution < -0.4 is 0 Å². The molecule has 4 heteroatoms. The van der Waals surface area contributed by atoms with Gasteiger partial charge in [-0.05, 0) is 19.8 Å². The zero-order valence-electron chi connectivity index (χ0n) is 7.16. The van der Waals surface area contributed by atoms with Gasteiger partial charge < -0.3 is 14.6 Å². The Bertz CT molecular complexity index is 149. The summed E-state index contributed by atoms with van der Waals surface area (Å²) in [6, 6.07) is 0. The second kappa shape index (κ2) is 4.42. The number of aliphatic hydroxyl groups excluding tert-OH is 1. The molecule has 2 atom stereocenters. The van der Waals surface area contributed by atoms with Gasteiger partial charge in [-0.1, -0.05) is 0 Å². The van der Waals surface area contributed by atoms with Gasteiger partial charge in [-0.2, -0.15) is 0 Å². The zero-order chi connectivity index (χ0) is 8.97. The first kappa shape index (κ1) is 9.48. The summed E-state index contributed by atoms with van der Waals surface area (Å²) in [4.78, 5) is 10.8. The second-order valence-corrected chi connectivity index (χ2v) is 2.94. The van der Waals surface area contributed by atoms with Crippen molar-refractivity contribution in [3.05, 3.63) is 0 Å². The summed E-state index contributed by atoms with van der Waals surface area (Å²) in [5.41, 5.74) is 0. The van der Waals surface area contributed by atoms with Gasteiger partial charge in [0.05, 0.1) is 6.10 Å². The molecule has 12 heavy (non-hydrogen) atoms. The van der Waals surface area contributed by atoms with Crippen LogP contribution in [0.3, 0.4) is 0 Å². The van der Waals surface area contributed by atoms with E-state index in [-0.39, 0.29) is 12.7 Å². The Labute approximate surface area is 71.5 Å². The van der Waals surface area contributed by atoms with E-state index < -0.39 is 12.1 Å². The van der Waals surface area contributed by atoms with Gasteiger partial charge in [-0.15, -0.1) is 0 Å². The maximum Gasteiger partial charge on any atom is 0.334 e. The lowest BCUT2D eigenvalue weighted by atomic mass is 10.2. The molecule has 1 N–H and O–H groups in total. The summed E-state index contributed by atoms with van der Waals surface area (Å²) < 4.78 is 10.00. The third kappa shape index (κ3) is 2.79. The van der Waals surface area contributed by atoms with Crippen LogP contribution in [0.1, 0.15) is 19.8 Å².